The van der Waals surface area contributed by atoms with Crippen molar-refractivity contribution in [2.45, 2.75) is 71.6 Å². The Bertz CT molecular complexity index is 597. The van der Waals surface area contributed by atoms with Crippen LogP contribution in [0.4, 0.5) is 0 Å². The Morgan fingerprint density at radius 3 is 2.38 bits per heavy atom. The molecule has 1 aliphatic carbocycles. The van der Waals surface area contributed by atoms with Gasteiger partial charge >= 0.3 is 7.12 Å². The van der Waals surface area contributed by atoms with E-state index in [1.165, 1.54) is 19.4 Å². The number of nitrogens with zero attached hydrogens (tertiary/aromatic N) is 1. The first-order valence-corrected chi connectivity index (χ1v) is 10.0. The predicted molar refractivity (Wildman–Crippen MR) is 107 cm³/mol. The van der Waals surface area contributed by atoms with Crippen LogP contribution in [0.5, 0.6) is 5.75 Å². The van der Waals surface area contributed by atoms with Crippen LogP contribution in [0.25, 0.3) is 0 Å². The summed E-state index contributed by atoms with van der Waals surface area (Å²) in [6.07, 6.45) is 2.78. The van der Waals surface area contributed by atoms with Gasteiger partial charge in [-0.1, -0.05) is 12.1 Å². The quantitative estimate of drug-likeness (QED) is 0.665. The fourth-order valence-electron chi connectivity index (χ4n) is 3.20. The summed E-state index contributed by atoms with van der Waals surface area (Å²) in [5, 5.41) is 0. The first kappa shape index (κ1) is 19.7. The predicted octanol–water partition coefficient (Wildman–Crippen LogP) is 3.49. The zero-order chi connectivity index (χ0) is 18.9. The van der Waals surface area contributed by atoms with Gasteiger partial charge in [0.05, 0.1) is 11.2 Å². The van der Waals surface area contributed by atoms with Crippen molar-refractivity contribution in [1.29, 1.82) is 0 Å². The van der Waals surface area contributed by atoms with Crippen LogP contribution in [0.2, 0.25) is 0 Å². The summed E-state index contributed by atoms with van der Waals surface area (Å²) in [5.41, 5.74) is 0.365. The molecule has 2 aliphatic rings. The minimum absolute atomic E-state index is 0.324. The van der Waals surface area contributed by atoms with E-state index in [-0.39, 0.29) is 18.3 Å². The Balaban J connectivity index is 1.56. The summed E-state index contributed by atoms with van der Waals surface area (Å²) in [6, 6.07) is 8.68. The Labute approximate surface area is 159 Å². The molecule has 1 aliphatic heterocycles. The second-order valence-corrected chi connectivity index (χ2v) is 9.04. The molecule has 2 fully saturated rings. The van der Waals surface area contributed by atoms with E-state index in [2.05, 4.69) is 46.4 Å². The maximum Gasteiger partial charge on any atom is 0.494 e. The molecule has 4 nitrogen and oxygen atoms in total. The van der Waals surface area contributed by atoms with Gasteiger partial charge in [0, 0.05) is 19.1 Å². The average molecular weight is 359 g/mol. The largest absolute Gasteiger partial charge is 0.494 e. The molecule has 144 valence electrons. The highest BCUT2D eigenvalue weighted by Gasteiger charge is 2.51. The zero-order valence-electron chi connectivity index (χ0n) is 17.2. The van der Waals surface area contributed by atoms with Crippen LogP contribution in [0, 0.1) is 5.92 Å². The Morgan fingerprint density at radius 2 is 1.81 bits per heavy atom. The summed E-state index contributed by atoms with van der Waals surface area (Å²) in [5.74, 6) is 1.79. The van der Waals surface area contributed by atoms with E-state index < -0.39 is 0 Å². The van der Waals surface area contributed by atoms with Gasteiger partial charge in [-0.05, 0) is 77.9 Å². The lowest BCUT2D eigenvalue weighted by atomic mass is 9.79. The molecule has 0 aromatic heterocycles. The number of hydrogen-bond acceptors (Lipinski definition) is 4. The molecular formula is C21H34BNO3. The second-order valence-electron chi connectivity index (χ2n) is 9.04. The topological polar surface area (TPSA) is 30.9 Å². The zero-order valence-corrected chi connectivity index (χ0v) is 17.2. The number of ether oxygens (including phenoxy) is 1. The van der Waals surface area contributed by atoms with Gasteiger partial charge in [-0.2, -0.15) is 0 Å². The summed E-state index contributed by atoms with van der Waals surface area (Å²) in [6.45, 7) is 15.7. The van der Waals surface area contributed by atoms with Crippen molar-refractivity contribution in [2.75, 3.05) is 19.7 Å². The molecule has 1 saturated carbocycles. The van der Waals surface area contributed by atoms with E-state index in [1.54, 1.807) is 0 Å². The van der Waals surface area contributed by atoms with Crippen LogP contribution in [0.15, 0.2) is 24.3 Å². The lowest BCUT2D eigenvalue weighted by Gasteiger charge is -2.32. The maximum absolute atomic E-state index is 6.14. The Kier molecular flexibility index (Phi) is 5.71. The smallest absolute Gasteiger partial charge is 0.492 e. The van der Waals surface area contributed by atoms with E-state index in [1.807, 2.05) is 24.3 Å². The van der Waals surface area contributed by atoms with Gasteiger partial charge in [0.1, 0.15) is 12.4 Å². The summed E-state index contributed by atoms with van der Waals surface area (Å²) >= 11 is 0. The maximum atomic E-state index is 6.14. The van der Waals surface area contributed by atoms with Crippen molar-refractivity contribution < 1.29 is 14.0 Å². The van der Waals surface area contributed by atoms with Crippen LogP contribution >= 0.6 is 0 Å². The number of rotatable bonds is 8. The molecule has 0 atom stereocenters. The highest BCUT2D eigenvalue weighted by molar-refractivity contribution is 6.62. The molecule has 0 amide bonds. The second kappa shape index (κ2) is 7.53. The molecule has 1 heterocycles. The SMILES string of the molecule is CC(C)N(CCOc1cccc(B2OC(C)(C)C(C)(C)O2)c1)CC1CC1. The van der Waals surface area contributed by atoms with Gasteiger partial charge in [0.25, 0.3) is 0 Å². The lowest BCUT2D eigenvalue weighted by Crippen LogP contribution is -2.41. The molecule has 3 rings (SSSR count). The van der Waals surface area contributed by atoms with Crippen molar-refractivity contribution in [3.63, 3.8) is 0 Å². The van der Waals surface area contributed by atoms with Crippen LogP contribution in [0.1, 0.15) is 54.4 Å². The Morgan fingerprint density at radius 1 is 1.15 bits per heavy atom. The summed E-state index contributed by atoms with van der Waals surface area (Å²) < 4.78 is 18.3. The molecule has 1 aromatic rings. The van der Waals surface area contributed by atoms with E-state index in [4.69, 9.17) is 14.0 Å². The van der Waals surface area contributed by atoms with Gasteiger partial charge in [0.2, 0.25) is 0 Å². The van der Waals surface area contributed by atoms with E-state index >= 15 is 0 Å². The van der Waals surface area contributed by atoms with E-state index in [0.717, 1.165) is 23.7 Å². The number of benzene rings is 1. The molecule has 0 N–H and O–H groups in total. The minimum atomic E-state index is -0.342. The van der Waals surface area contributed by atoms with Gasteiger partial charge in [-0.25, -0.2) is 0 Å². The molecular weight excluding hydrogens is 325 g/mol. The molecule has 0 radical (unpaired) electrons. The standard InChI is InChI=1S/C21H34BNO3/c1-16(2)23(15-17-10-11-17)12-13-24-19-9-7-8-18(14-19)22-25-20(3,4)21(5,6)26-22/h7-9,14,16-17H,10-13,15H2,1-6H3. The molecule has 26 heavy (non-hydrogen) atoms. The molecule has 1 aromatic carbocycles. The third-order valence-electron chi connectivity index (χ3n) is 5.95. The van der Waals surface area contributed by atoms with Crippen LogP contribution < -0.4 is 10.2 Å². The van der Waals surface area contributed by atoms with Crippen LogP contribution in [0.3, 0.4) is 0 Å². The van der Waals surface area contributed by atoms with Gasteiger partial charge in [0.15, 0.2) is 0 Å². The first-order chi connectivity index (χ1) is 12.2. The lowest BCUT2D eigenvalue weighted by molar-refractivity contribution is 0.00578. The first-order valence-electron chi connectivity index (χ1n) is 10.0. The normalized spacial score (nSPS) is 21.6. The Hall–Kier alpha value is -1.04. The third kappa shape index (κ3) is 4.62. The van der Waals surface area contributed by atoms with Crippen molar-refractivity contribution in [2.24, 2.45) is 5.92 Å². The van der Waals surface area contributed by atoms with Gasteiger partial charge in [-0.3, -0.25) is 4.90 Å². The molecule has 1 saturated heterocycles. The van der Waals surface area contributed by atoms with Crippen molar-refractivity contribution in [3.8, 4) is 5.75 Å². The van der Waals surface area contributed by atoms with Crippen molar-refractivity contribution in [3.05, 3.63) is 24.3 Å². The van der Waals surface area contributed by atoms with E-state index in [9.17, 15) is 0 Å². The van der Waals surface area contributed by atoms with E-state index in [0.29, 0.717) is 12.6 Å². The van der Waals surface area contributed by atoms with Crippen LogP contribution in [-0.4, -0.2) is 49.0 Å². The highest BCUT2D eigenvalue weighted by Crippen LogP contribution is 2.36. The van der Waals surface area contributed by atoms with Crippen molar-refractivity contribution in [1.82, 2.24) is 4.90 Å². The number of hydrogen-bond donors (Lipinski definition) is 0. The molecule has 0 unspecified atom stereocenters. The fraction of sp³-hybridized carbons (Fsp3) is 0.714. The molecule has 0 spiro atoms. The molecule has 0 bridgehead atoms. The molecule has 5 heteroatoms. The summed E-state index contributed by atoms with van der Waals surface area (Å²) in [4.78, 5) is 2.52. The highest BCUT2D eigenvalue weighted by atomic mass is 16.7. The summed E-state index contributed by atoms with van der Waals surface area (Å²) in [7, 11) is -0.342. The monoisotopic (exact) mass is 359 g/mol. The third-order valence-corrected chi connectivity index (χ3v) is 5.95. The van der Waals surface area contributed by atoms with Crippen LogP contribution in [-0.2, 0) is 9.31 Å². The minimum Gasteiger partial charge on any atom is -0.492 e. The fourth-order valence-corrected chi connectivity index (χ4v) is 3.20. The van der Waals surface area contributed by atoms with Crippen molar-refractivity contribution >= 4 is 12.6 Å². The van der Waals surface area contributed by atoms with Gasteiger partial charge in [-0.15, -0.1) is 0 Å². The average Bonchev–Trinajstić information content (AvgIpc) is 3.33. The van der Waals surface area contributed by atoms with Gasteiger partial charge < -0.3 is 14.0 Å².